The number of cyclic esters (lactones) is 1. The zero-order valence-corrected chi connectivity index (χ0v) is 25.1. The van der Waals surface area contributed by atoms with Crippen LogP contribution in [0.4, 0.5) is 10.5 Å². The molecule has 12 heteroatoms. The number of aromatic nitrogens is 2. The molecule has 42 heavy (non-hydrogen) atoms. The average Bonchev–Trinajstić information content (AvgIpc) is 3.41. The molecule has 3 aliphatic rings. The van der Waals surface area contributed by atoms with Crippen molar-refractivity contribution in [3.05, 3.63) is 63.2 Å². The fourth-order valence-corrected chi connectivity index (χ4v) is 6.02. The number of amides is 1. The summed E-state index contributed by atoms with van der Waals surface area (Å²) in [5, 5.41) is 14.5. The molecule has 2 N–H and O–H groups in total. The second-order valence-corrected chi connectivity index (χ2v) is 12.8. The molecule has 0 radical (unpaired) electrons. The third-order valence-corrected chi connectivity index (χ3v) is 9.26. The first-order chi connectivity index (χ1) is 20.0. The number of fused-ring (bicyclic) bond motifs is 2. The van der Waals surface area contributed by atoms with Gasteiger partial charge >= 0.3 is 13.2 Å². The minimum absolute atomic E-state index is 0.0174. The molecule has 4 heterocycles. The highest BCUT2D eigenvalue weighted by Gasteiger charge is 2.52. The van der Waals surface area contributed by atoms with E-state index in [-0.39, 0.29) is 36.8 Å². The molecule has 0 unspecified atom stereocenters. The molecule has 0 spiro atoms. The van der Waals surface area contributed by atoms with Crippen molar-refractivity contribution in [2.75, 3.05) is 25.1 Å². The molecule has 0 aliphatic carbocycles. The van der Waals surface area contributed by atoms with Crippen LogP contribution in [0.15, 0.2) is 41.2 Å². The lowest BCUT2D eigenvalue weighted by Crippen LogP contribution is -2.46. The maximum atomic E-state index is 14.0. The van der Waals surface area contributed by atoms with Crippen molar-refractivity contribution < 1.29 is 23.9 Å². The minimum Gasteiger partial charge on any atom is -0.447 e. The molecule has 2 aromatic carbocycles. The number of aliphatic hydroxyl groups is 1. The Morgan fingerprint density at radius 2 is 1.83 bits per heavy atom. The maximum Gasteiger partial charge on any atom is 0.497 e. The number of halogens is 1. The predicted molar refractivity (Wildman–Crippen MR) is 162 cm³/mol. The van der Waals surface area contributed by atoms with Gasteiger partial charge in [-0.05, 0) is 70.4 Å². The lowest BCUT2D eigenvalue weighted by Gasteiger charge is -2.34. The highest BCUT2D eigenvalue weighted by atomic mass is 35.5. The lowest BCUT2D eigenvalue weighted by atomic mass is 9.77. The van der Waals surface area contributed by atoms with E-state index in [1.54, 1.807) is 21.6 Å². The zero-order chi connectivity index (χ0) is 29.8. The molecule has 1 amide bonds. The second-order valence-electron chi connectivity index (χ2n) is 12.4. The summed E-state index contributed by atoms with van der Waals surface area (Å²) in [7, 11) is -0.682. The van der Waals surface area contributed by atoms with Gasteiger partial charge in [-0.3, -0.25) is 9.36 Å². The number of nitrogens with one attached hydrogen (secondary N) is 1. The first-order valence-corrected chi connectivity index (χ1v) is 14.8. The number of nitrogens with zero attached hydrogens (tertiary/aromatic N) is 3. The molecule has 222 valence electrons. The van der Waals surface area contributed by atoms with E-state index in [2.05, 4.69) is 5.32 Å². The molecule has 3 aliphatic heterocycles. The van der Waals surface area contributed by atoms with Gasteiger partial charge in [0, 0.05) is 35.2 Å². The van der Waals surface area contributed by atoms with E-state index in [0.717, 1.165) is 29.6 Å². The molecule has 0 saturated carbocycles. The Balaban J connectivity index is 1.43. The van der Waals surface area contributed by atoms with Crippen LogP contribution in [0.1, 0.15) is 51.9 Å². The number of anilines is 1. The van der Waals surface area contributed by atoms with E-state index in [1.165, 1.54) is 0 Å². The smallest absolute Gasteiger partial charge is 0.447 e. The number of benzene rings is 2. The average molecular weight is 595 g/mol. The number of hydrogen-bond acceptors (Lipinski definition) is 8. The van der Waals surface area contributed by atoms with Gasteiger partial charge in [-0.2, -0.15) is 0 Å². The van der Waals surface area contributed by atoms with E-state index in [1.807, 2.05) is 52.0 Å². The van der Waals surface area contributed by atoms with Gasteiger partial charge in [0.15, 0.2) is 0 Å². The number of piperidine rings is 1. The number of ether oxygens (including phenoxy) is 1. The molecule has 10 nitrogen and oxygen atoms in total. The molecule has 3 saturated heterocycles. The van der Waals surface area contributed by atoms with Crippen LogP contribution in [-0.2, 0) is 27.0 Å². The van der Waals surface area contributed by atoms with Gasteiger partial charge in [0.2, 0.25) is 0 Å². The molecular weight excluding hydrogens is 559 g/mol. The van der Waals surface area contributed by atoms with Gasteiger partial charge < -0.3 is 29.4 Å². The van der Waals surface area contributed by atoms with Crippen LogP contribution in [-0.4, -0.2) is 75.8 Å². The Hall–Kier alpha value is -3.12. The van der Waals surface area contributed by atoms with Crippen molar-refractivity contribution >= 4 is 46.9 Å². The molecule has 1 aromatic heterocycles. The SMILES string of the molecule is CC1(C)OB(c2cc3nc(CCO)n(Cc4ccc(Cl)cc4)c(=O)c3cc2N[C@H]2CCN3C(=O)OC[C@@H]3C2)OC1(C)C. The van der Waals surface area contributed by atoms with E-state index < -0.39 is 18.3 Å². The number of hydrogen-bond donors (Lipinski definition) is 2. The summed E-state index contributed by atoms with van der Waals surface area (Å²) >= 11 is 6.08. The van der Waals surface area contributed by atoms with Crippen LogP contribution in [0.3, 0.4) is 0 Å². The summed E-state index contributed by atoms with van der Waals surface area (Å²) in [6, 6.07) is 11.1. The van der Waals surface area contributed by atoms with Crippen LogP contribution in [0.25, 0.3) is 10.9 Å². The lowest BCUT2D eigenvalue weighted by molar-refractivity contribution is 0.00578. The number of aliphatic hydroxyl groups excluding tert-OH is 1. The Kier molecular flexibility index (Phi) is 7.49. The monoisotopic (exact) mass is 594 g/mol. The molecular formula is C30H36BClN4O6. The molecule has 3 aromatic rings. The summed E-state index contributed by atoms with van der Waals surface area (Å²) in [5.74, 6) is 0.490. The largest absolute Gasteiger partial charge is 0.497 e. The van der Waals surface area contributed by atoms with Crippen LogP contribution in [0.5, 0.6) is 0 Å². The van der Waals surface area contributed by atoms with Gasteiger partial charge in [0.05, 0.1) is 41.3 Å². The fraction of sp³-hybridized carbons (Fsp3) is 0.500. The van der Waals surface area contributed by atoms with Crippen molar-refractivity contribution in [1.29, 1.82) is 0 Å². The predicted octanol–water partition coefficient (Wildman–Crippen LogP) is 3.33. The summed E-state index contributed by atoms with van der Waals surface area (Å²) in [4.78, 5) is 32.7. The Morgan fingerprint density at radius 1 is 1.12 bits per heavy atom. The van der Waals surface area contributed by atoms with Crippen molar-refractivity contribution in [1.82, 2.24) is 14.5 Å². The summed E-state index contributed by atoms with van der Waals surface area (Å²) in [6.07, 6.45) is 1.43. The number of carbonyl (C=O) groups excluding carboxylic acids is 1. The zero-order valence-electron chi connectivity index (χ0n) is 24.4. The first kappa shape index (κ1) is 29.0. The maximum absolute atomic E-state index is 14.0. The standard InChI is InChI=1S/C30H36BClN4O6/c1-29(2)30(3,4)42-31(41-29)23-15-24-22(14-25(23)33-20-9-11-35-21(13-20)17-40-28(35)39)27(38)36(26(34-24)10-12-37)16-18-5-7-19(32)8-6-18/h5-8,14-15,20-21,33,37H,9-13,16-17H2,1-4H3/t20-,21-/m0/s1. The van der Waals surface area contributed by atoms with Crippen molar-refractivity contribution in [3.63, 3.8) is 0 Å². The van der Waals surface area contributed by atoms with Crippen LogP contribution in [0, 0.1) is 0 Å². The third-order valence-electron chi connectivity index (χ3n) is 9.01. The van der Waals surface area contributed by atoms with Crippen molar-refractivity contribution in [2.24, 2.45) is 0 Å². The van der Waals surface area contributed by atoms with Gasteiger partial charge in [0.1, 0.15) is 12.4 Å². The van der Waals surface area contributed by atoms with Gasteiger partial charge in [-0.15, -0.1) is 0 Å². The van der Waals surface area contributed by atoms with Crippen molar-refractivity contribution in [2.45, 2.75) is 76.8 Å². The van der Waals surface area contributed by atoms with Gasteiger partial charge in [-0.25, -0.2) is 9.78 Å². The number of carbonyl (C=O) groups is 1. The molecule has 3 fully saturated rings. The van der Waals surface area contributed by atoms with Crippen LogP contribution >= 0.6 is 11.6 Å². The molecule has 0 bridgehead atoms. The van der Waals surface area contributed by atoms with E-state index in [0.29, 0.717) is 41.4 Å². The molecule has 6 rings (SSSR count). The topological polar surface area (TPSA) is 115 Å². The Morgan fingerprint density at radius 3 is 2.52 bits per heavy atom. The van der Waals surface area contributed by atoms with Crippen LogP contribution < -0.4 is 16.3 Å². The number of rotatable bonds is 7. The van der Waals surface area contributed by atoms with Gasteiger partial charge in [-0.1, -0.05) is 23.7 Å². The summed E-state index contributed by atoms with van der Waals surface area (Å²) in [5.41, 5.74) is 1.56. The van der Waals surface area contributed by atoms with E-state index >= 15 is 0 Å². The summed E-state index contributed by atoms with van der Waals surface area (Å²) < 4.78 is 19.7. The minimum atomic E-state index is -0.682. The van der Waals surface area contributed by atoms with Gasteiger partial charge in [0.25, 0.3) is 5.56 Å². The van der Waals surface area contributed by atoms with Crippen molar-refractivity contribution in [3.8, 4) is 0 Å². The fourth-order valence-electron chi connectivity index (χ4n) is 5.90. The third kappa shape index (κ3) is 5.28. The Labute approximate surface area is 250 Å². The Bertz CT molecular complexity index is 1560. The first-order valence-electron chi connectivity index (χ1n) is 14.4. The highest BCUT2D eigenvalue weighted by Crippen LogP contribution is 2.37. The highest BCUT2D eigenvalue weighted by molar-refractivity contribution is 6.64. The second kappa shape index (κ2) is 10.9. The molecule has 2 atom stereocenters. The summed E-state index contributed by atoms with van der Waals surface area (Å²) in [6.45, 7) is 9.13. The van der Waals surface area contributed by atoms with E-state index in [9.17, 15) is 14.7 Å². The normalized spacial score (nSPS) is 22.9. The quantitative estimate of drug-likeness (QED) is 0.401. The van der Waals surface area contributed by atoms with Crippen LogP contribution in [0.2, 0.25) is 5.02 Å². The van der Waals surface area contributed by atoms with E-state index in [4.69, 9.17) is 30.6 Å².